The van der Waals surface area contributed by atoms with Crippen LogP contribution >= 0.6 is 11.3 Å². The van der Waals surface area contributed by atoms with Gasteiger partial charge in [0.2, 0.25) is 0 Å². The summed E-state index contributed by atoms with van der Waals surface area (Å²) in [4.78, 5) is 24.3. The molecule has 1 amide bonds. The minimum absolute atomic E-state index is 0.0248. The molecular weight excluding hydrogens is 270 g/mol. The van der Waals surface area contributed by atoms with Crippen LogP contribution in [-0.2, 0) is 0 Å². The van der Waals surface area contributed by atoms with Crippen molar-refractivity contribution in [2.45, 2.75) is 6.92 Å². The number of hydrogen-bond donors (Lipinski definition) is 1. The maximum Gasteiger partial charge on any atom is 0.251 e. The van der Waals surface area contributed by atoms with E-state index in [0.29, 0.717) is 17.5 Å². The lowest BCUT2D eigenvalue weighted by atomic mass is 10.1. The summed E-state index contributed by atoms with van der Waals surface area (Å²) in [6, 6.07) is 12.8. The highest BCUT2D eigenvalue weighted by molar-refractivity contribution is 7.24. The maximum absolute atomic E-state index is 12.4. The third-order valence-corrected chi connectivity index (χ3v) is 4.31. The monoisotopic (exact) mass is 283 g/mol. The molecule has 4 heteroatoms. The van der Waals surface area contributed by atoms with E-state index in [1.807, 2.05) is 31.2 Å². The molecule has 3 nitrogen and oxygen atoms in total. The molecule has 3 aromatic rings. The maximum atomic E-state index is 12.4. The molecule has 0 atom stereocenters. The van der Waals surface area contributed by atoms with E-state index in [1.54, 1.807) is 18.2 Å². The van der Waals surface area contributed by atoms with E-state index >= 15 is 0 Å². The molecule has 3 rings (SSSR count). The topological polar surface area (TPSA) is 46.2 Å². The quantitative estimate of drug-likeness (QED) is 0.734. The van der Waals surface area contributed by atoms with Crippen molar-refractivity contribution in [3.8, 4) is 0 Å². The van der Waals surface area contributed by atoms with Crippen LogP contribution in [0.15, 0.2) is 47.3 Å². The predicted octanol–water partition coefficient (Wildman–Crippen LogP) is 3.16. The molecule has 0 spiro atoms. The van der Waals surface area contributed by atoms with Gasteiger partial charge in [-0.25, -0.2) is 0 Å². The Balaban J connectivity index is 2.27. The van der Waals surface area contributed by atoms with Crippen molar-refractivity contribution in [3.05, 3.63) is 58.3 Å². The first-order valence-corrected chi connectivity index (χ1v) is 7.26. The summed E-state index contributed by atoms with van der Waals surface area (Å²) in [5.74, 6) is -0.109. The molecule has 2 aromatic carbocycles. The zero-order valence-corrected chi connectivity index (χ0v) is 11.8. The van der Waals surface area contributed by atoms with Gasteiger partial charge in [0.05, 0.1) is 0 Å². The van der Waals surface area contributed by atoms with Gasteiger partial charge in [0.25, 0.3) is 5.91 Å². The van der Waals surface area contributed by atoms with Crippen LogP contribution in [0, 0.1) is 0 Å². The second-order valence-electron chi connectivity index (χ2n) is 4.50. The van der Waals surface area contributed by atoms with Crippen molar-refractivity contribution in [2.75, 3.05) is 6.54 Å². The zero-order valence-electron chi connectivity index (χ0n) is 11.0. The number of amides is 1. The normalized spacial score (nSPS) is 10.8. The van der Waals surface area contributed by atoms with Crippen molar-refractivity contribution in [1.29, 1.82) is 0 Å². The summed E-state index contributed by atoms with van der Waals surface area (Å²) in [5, 5.41) is 4.17. The Morgan fingerprint density at radius 3 is 2.65 bits per heavy atom. The second kappa shape index (κ2) is 5.06. The van der Waals surface area contributed by atoms with Gasteiger partial charge in [0.15, 0.2) is 5.43 Å². The number of carbonyl (C=O) groups excluding carboxylic acids is 1. The molecule has 1 heterocycles. The van der Waals surface area contributed by atoms with Crippen LogP contribution in [0.1, 0.15) is 17.3 Å². The summed E-state index contributed by atoms with van der Waals surface area (Å²) in [7, 11) is 0. The molecule has 0 radical (unpaired) electrons. The van der Waals surface area contributed by atoms with Gasteiger partial charge < -0.3 is 5.32 Å². The fraction of sp³-hybridized carbons (Fsp3) is 0.125. The predicted molar refractivity (Wildman–Crippen MR) is 83.6 cm³/mol. The molecule has 0 unspecified atom stereocenters. The lowest BCUT2D eigenvalue weighted by molar-refractivity contribution is 0.0956. The molecule has 0 bridgehead atoms. The van der Waals surface area contributed by atoms with Gasteiger partial charge in [-0.2, -0.15) is 0 Å². The average Bonchev–Trinajstić information content (AvgIpc) is 2.47. The molecular formula is C16H13NO2S. The van der Waals surface area contributed by atoms with Crippen molar-refractivity contribution in [3.63, 3.8) is 0 Å². The van der Waals surface area contributed by atoms with Crippen molar-refractivity contribution in [1.82, 2.24) is 5.32 Å². The molecule has 0 saturated carbocycles. The van der Waals surface area contributed by atoms with Crippen LogP contribution in [0.5, 0.6) is 0 Å². The number of fused-ring (bicyclic) bond motifs is 2. The first-order chi connectivity index (χ1) is 9.70. The Morgan fingerprint density at radius 2 is 1.85 bits per heavy atom. The number of carbonyl (C=O) groups is 1. The molecule has 0 fully saturated rings. The van der Waals surface area contributed by atoms with Gasteiger partial charge >= 0.3 is 0 Å². The summed E-state index contributed by atoms with van der Waals surface area (Å²) < 4.78 is 1.79. The number of nitrogens with one attached hydrogen (secondary N) is 1. The standard InChI is InChI=1S/C16H13NO2S/c1-2-17-16(19)10-7-8-12-14(9-10)20-13-6-4-3-5-11(13)15(12)18/h3-9H,2H2,1H3,(H,17,19). The third-order valence-electron chi connectivity index (χ3n) is 3.18. The van der Waals surface area contributed by atoms with Gasteiger partial charge in [0, 0.05) is 32.3 Å². The lowest BCUT2D eigenvalue weighted by Gasteiger charge is -2.04. The average molecular weight is 283 g/mol. The van der Waals surface area contributed by atoms with E-state index in [4.69, 9.17) is 0 Å². The molecule has 0 aliphatic carbocycles. The van der Waals surface area contributed by atoms with E-state index in [-0.39, 0.29) is 11.3 Å². The second-order valence-corrected chi connectivity index (χ2v) is 5.58. The van der Waals surface area contributed by atoms with Crippen LogP contribution in [-0.4, -0.2) is 12.5 Å². The minimum atomic E-state index is -0.109. The van der Waals surface area contributed by atoms with E-state index in [0.717, 1.165) is 14.8 Å². The fourth-order valence-corrected chi connectivity index (χ4v) is 3.32. The molecule has 1 aromatic heterocycles. The molecule has 0 aliphatic heterocycles. The smallest absolute Gasteiger partial charge is 0.251 e. The van der Waals surface area contributed by atoms with Crippen LogP contribution < -0.4 is 10.7 Å². The summed E-state index contributed by atoms with van der Waals surface area (Å²) in [5.41, 5.74) is 0.613. The van der Waals surface area contributed by atoms with Gasteiger partial charge in [-0.3, -0.25) is 9.59 Å². The number of hydrogen-bond acceptors (Lipinski definition) is 3. The van der Waals surface area contributed by atoms with Crippen LogP contribution in [0.2, 0.25) is 0 Å². The summed E-state index contributed by atoms with van der Waals surface area (Å²) in [6.45, 7) is 2.47. The number of benzene rings is 2. The summed E-state index contributed by atoms with van der Waals surface area (Å²) >= 11 is 1.54. The van der Waals surface area contributed by atoms with Crippen LogP contribution in [0.4, 0.5) is 0 Å². The first kappa shape index (κ1) is 12.8. The molecule has 0 saturated heterocycles. The van der Waals surface area contributed by atoms with E-state index in [2.05, 4.69) is 5.32 Å². The molecule has 100 valence electrons. The highest BCUT2D eigenvalue weighted by Gasteiger charge is 2.09. The fourth-order valence-electron chi connectivity index (χ4n) is 2.20. The Hall–Kier alpha value is -2.20. The van der Waals surface area contributed by atoms with Gasteiger partial charge in [0.1, 0.15) is 0 Å². The molecule has 0 aliphatic rings. The van der Waals surface area contributed by atoms with Gasteiger partial charge in [-0.1, -0.05) is 12.1 Å². The van der Waals surface area contributed by atoms with Gasteiger partial charge in [-0.05, 0) is 37.3 Å². The van der Waals surface area contributed by atoms with Crippen molar-refractivity contribution < 1.29 is 4.79 Å². The van der Waals surface area contributed by atoms with E-state index in [9.17, 15) is 9.59 Å². The lowest BCUT2D eigenvalue weighted by Crippen LogP contribution is -2.22. The first-order valence-electron chi connectivity index (χ1n) is 6.44. The largest absolute Gasteiger partial charge is 0.352 e. The van der Waals surface area contributed by atoms with E-state index < -0.39 is 0 Å². The molecule has 20 heavy (non-hydrogen) atoms. The third kappa shape index (κ3) is 2.08. The van der Waals surface area contributed by atoms with Crippen LogP contribution in [0.3, 0.4) is 0 Å². The summed E-state index contributed by atoms with van der Waals surface area (Å²) in [6.07, 6.45) is 0. The van der Waals surface area contributed by atoms with Gasteiger partial charge in [-0.15, -0.1) is 11.3 Å². The zero-order chi connectivity index (χ0) is 14.1. The number of rotatable bonds is 2. The SMILES string of the molecule is CCNC(=O)c1ccc2c(=O)c3ccccc3sc2c1. The minimum Gasteiger partial charge on any atom is -0.352 e. The van der Waals surface area contributed by atoms with Crippen LogP contribution in [0.25, 0.3) is 20.2 Å². The Labute approximate surface area is 119 Å². The van der Waals surface area contributed by atoms with Crippen molar-refractivity contribution in [2.24, 2.45) is 0 Å². The Morgan fingerprint density at radius 1 is 1.10 bits per heavy atom. The Bertz CT molecular complexity index is 867. The van der Waals surface area contributed by atoms with Crippen molar-refractivity contribution >= 4 is 37.4 Å². The Kier molecular flexibility index (Phi) is 3.24. The highest BCUT2D eigenvalue weighted by atomic mass is 32.1. The highest BCUT2D eigenvalue weighted by Crippen LogP contribution is 2.25. The molecule has 1 N–H and O–H groups in total. The van der Waals surface area contributed by atoms with E-state index in [1.165, 1.54) is 11.3 Å².